The molecule has 188 valence electrons. The van der Waals surface area contributed by atoms with Gasteiger partial charge in [-0.1, -0.05) is 86.6 Å². The summed E-state index contributed by atoms with van der Waals surface area (Å²) in [6, 6.07) is 24.8. The molecule has 2 amide bonds. The summed E-state index contributed by atoms with van der Waals surface area (Å²) in [5.74, 6) is 0.181. The average molecular weight is 494 g/mol. The first kappa shape index (κ1) is 23.5. The lowest BCUT2D eigenvalue weighted by Crippen LogP contribution is -2.63. The Morgan fingerprint density at radius 3 is 2.35 bits per heavy atom. The van der Waals surface area contributed by atoms with Crippen LogP contribution >= 0.6 is 0 Å². The number of aliphatic hydroxyl groups excluding tert-OH is 1. The summed E-state index contributed by atoms with van der Waals surface area (Å²) in [4.78, 5) is 34.5. The van der Waals surface area contributed by atoms with E-state index < -0.39 is 12.1 Å². The molecule has 6 heteroatoms. The minimum atomic E-state index is -0.851. The number of aromatic nitrogens is 1. The molecule has 2 aliphatic heterocycles. The molecule has 0 bridgehead atoms. The minimum Gasteiger partial charge on any atom is -0.387 e. The Labute approximate surface area is 216 Å². The number of piperazine rings is 1. The highest BCUT2D eigenvalue weighted by molar-refractivity contribution is 5.97. The van der Waals surface area contributed by atoms with Gasteiger partial charge in [0, 0.05) is 23.0 Å². The molecule has 1 fully saturated rings. The van der Waals surface area contributed by atoms with E-state index >= 15 is 0 Å². The molecule has 37 heavy (non-hydrogen) atoms. The van der Waals surface area contributed by atoms with Crippen molar-refractivity contribution in [2.24, 2.45) is 0 Å². The molecule has 0 spiro atoms. The number of carbonyl (C=O) groups is 2. The maximum atomic E-state index is 13.9. The number of aromatic amines is 1. The van der Waals surface area contributed by atoms with E-state index in [2.05, 4.69) is 49.2 Å². The summed E-state index contributed by atoms with van der Waals surface area (Å²) in [6.07, 6.45) is -0.404. The van der Waals surface area contributed by atoms with Gasteiger partial charge in [-0.25, -0.2) is 0 Å². The summed E-state index contributed by atoms with van der Waals surface area (Å²) in [6.45, 7) is 4.36. The number of H-pyrrole nitrogens is 1. The molecule has 6 rings (SSSR count). The Bertz CT molecular complexity index is 1460. The van der Waals surface area contributed by atoms with Crippen molar-refractivity contribution in [2.75, 3.05) is 13.1 Å². The molecule has 0 radical (unpaired) electrons. The first-order valence-electron chi connectivity index (χ1n) is 12.9. The zero-order chi connectivity index (χ0) is 25.7. The fraction of sp³-hybridized carbons (Fsp3) is 0.290. The third-order valence-electron chi connectivity index (χ3n) is 7.84. The van der Waals surface area contributed by atoms with Crippen molar-refractivity contribution >= 4 is 22.7 Å². The van der Waals surface area contributed by atoms with Crippen LogP contribution in [0.5, 0.6) is 0 Å². The van der Waals surface area contributed by atoms with Gasteiger partial charge >= 0.3 is 0 Å². The number of nitrogens with zero attached hydrogens (tertiary/aromatic N) is 2. The highest BCUT2D eigenvalue weighted by atomic mass is 16.3. The summed E-state index contributed by atoms with van der Waals surface area (Å²) in [7, 11) is 0. The quantitative estimate of drug-likeness (QED) is 0.423. The Morgan fingerprint density at radius 1 is 0.919 bits per heavy atom. The Kier molecular flexibility index (Phi) is 5.84. The lowest BCUT2D eigenvalue weighted by molar-refractivity contribution is -0.159. The number of β-amino-alcohol motifs (C(OH)–C–C–N with tert-alkyl or cyclic N) is 1. The number of aliphatic hydroxyl groups is 1. The zero-order valence-corrected chi connectivity index (χ0v) is 21.1. The van der Waals surface area contributed by atoms with Crippen molar-refractivity contribution in [3.8, 4) is 0 Å². The Hall–Kier alpha value is -3.90. The lowest BCUT2D eigenvalue weighted by atomic mass is 9.85. The molecule has 2 N–H and O–H groups in total. The van der Waals surface area contributed by atoms with Crippen molar-refractivity contribution in [1.29, 1.82) is 0 Å². The largest absolute Gasteiger partial charge is 0.387 e. The standard InChI is InChI=1S/C31H31N3O3/c1-19(2)20-12-14-22(15-13-20)30-29-24(23-10-6-7-11-25(23)32-29)16-26-31(37)33(18-28(36)34(26)30)17-27(35)21-8-4-3-5-9-21/h3-15,19,26-27,30,32,35H,16-18H2,1-2H3/t26-,27+,30+/m1/s1. The van der Waals surface area contributed by atoms with Gasteiger partial charge < -0.3 is 19.9 Å². The van der Waals surface area contributed by atoms with E-state index in [-0.39, 0.29) is 30.9 Å². The van der Waals surface area contributed by atoms with Crippen LogP contribution in [0, 0.1) is 0 Å². The normalized spacial score (nSPS) is 20.3. The summed E-state index contributed by atoms with van der Waals surface area (Å²) in [5, 5.41) is 11.9. The van der Waals surface area contributed by atoms with Gasteiger partial charge in [0.2, 0.25) is 11.8 Å². The monoisotopic (exact) mass is 493 g/mol. The van der Waals surface area contributed by atoms with Gasteiger partial charge in [-0.2, -0.15) is 0 Å². The van der Waals surface area contributed by atoms with E-state index in [0.717, 1.165) is 33.3 Å². The zero-order valence-electron chi connectivity index (χ0n) is 21.1. The van der Waals surface area contributed by atoms with Crippen molar-refractivity contribution in [3.63, 3.8) is 0 Å². The number of hydrogen-bond acceptors (Lipinski definition) is 3. The van der Waals surface area contributed by atoms with Gasteiger partial charge in [-0.15, -0.1) is 0 Å². The molecule has 3 heterocycles. The number of carbonyl (C=O) groups excluding carboxylic acids is 2. The SMILES string of the molecule is CC(C)c1ccc([C@H]2c3[nH]c4ccccc4c3C[C@@H]3C(=O)N(C[C@H](O)c4ccccc4)CC(=O)N23)cc1. The van der Waals surface area contributed by atoms with Crippen LogP contribution in [0.1, 0.15) is 59.9 Å². The van der Waals surface area contributed by atoms with Gasteiger partial charge in [-0.05, 0) is 34.2 Å². The molecule has 0 aliphatic carbocycles. The van der Waals surface area contributed by atoms with Crippen molar-refractivity contribution < 1.29 is 14.7 Å². The van der Waals surface area contributed by atoms with Crippen LogP contribution in [0.4, 0.5) is 0 Å². The molecule has 3 aromatic carbocycles. The molecule has 2 aliphatic rings. The van der Waals surface area contributed by atoms with Gasteiger partial charge in [-0.3, -0.25) is 9.59 Å². The summed E-state index contributed by atoms with van der Waals surface area (Å²) < 4.78 is 0. The first-order chi connectivity index (χ1) is 17.9. The molecular formula is C31H31N3O3. The second kappa shape index (κ2) is 9.20. The predicted octanol–water partition coefficient (Wildman–Crippen LogP) is 4.71. The van der Waals surface area contributed by atoms with E-state index in [1.807, 2.05) is 48.5 Å². The number of amides is 2. The highest BCUT2D eigenvalue weighted by Gasteiger charge is 2.48. The molecule has 1 aromatic heterocycles. The Balaban J connectivity index is 1.40. The number of benzene rings is 3. The minimum absolute atomic E-state index is 0.0463. The van der Waals surface area contributed by atoms with Gasteiger partial charge in [0.05, 0.1) is 25.2 Å². The van der Waals surface area contributed by atoms with Crippen LogP contribution in [0.25, 0.3) is 10.9 Å². The highest BCUT2D eigenvalue weighted by Crippen LogP contribution is 2.42. The number of rotatable bonds is 5. The summed E-state index contributed by atoms with van der Waals surface area (Å²) >= 11 is 0. The van der Waals surface area contributed by atoms with E-state index in [4.69, 9.17) is 0 Å². The van der Waals surface area contributed by atoms with E-state index in [1.165, 1.54) is 10.5 Å². The number of nitrogens with one attached hydrogen (secondary N) is 1. The third kappa shape index (κ3) is 4.02. The topological polar surface area (TPSA) is 76.6 Å². The number of para-hydroxylation sites is 1. The molecule has 3 atom stereocenters. The van der Waals surface area contributed by atoms with E-state index in [1.54, 1.807) is 4.90 Å². The van der Waals surface area contributed by atoms with Crippen LogP contribution < -0.4 is 0 Å². The third-order valence-corrected chi connectivity index (χ3v) is 7.84. The smallest absolute Gasteiger partial charge is 0.246 e. The van der Waals surface area contributed by atoms with Gasteiger partial charge in [0.25, 0.3) is 0 Å². The second-order valence-corrected chi connectivity index (χ2v) is 10.5. The molecular weight excluding hydrogens is 462 g/mol. The predicted molar refractivity (Wildman–Crippen MR) is 143 cm³/mol. The number of fused-ring (bicyclic) bond motifs is 4. The van der Waals surface area contributed by atoms with Gasteiger partial charge in [0.1, 0.15) is 6.04 Å². The maximum Gasteiger partial charge on any atom is 0.246 e. The van der Waals surface area contributed by atoms with E-state index in [0.29, 0.717) is 12.3 Å². The fourth-order valence-corrected chi connectivity index (χ4v) is 5.88. The van der Waals surface area contributed by atoms with E-state index in [9.17, 15) is 14.7 Å². The molecule has 0 unspecified atom stereocenters. The van der Waals surface area contributed by atoms with Crippen molar-refractivity contribution in [1.82, 2.24) is 14.8 Å². The molecule has 0 saturated carbocycles. The fourth-order valence-electron chi connectivity index (χ4n) is 5.88. The van der Waals surface area contributed by atoms with Crippen molar-refractivity contribution in [3.05, 3.63) is 107 Å². The molecule has 4 aromatic rings. The van der Waals surface area contributed by atoms with Crippen molar-refractivity contribution in [2.45, 2.75) is 44.4 Å². The average Bonchev–Trinajstić information content (AvgIpc) is 3.29. The summed E-state index contributed by atoms with van der Waals surface area (Å²) in [5.41, 5.74) is 6.02. The van der Waals surface area contributed by atoms with Crippen LogP contribution in [0.2, 0.25) is 0 Å². The first-order valence-corrected chi connectivity index (χ1v) is 12.9. The van der Waals surface area contributed by atoms with Crippen LogP contribution in [-0.2, 0) is 16.0 Å². The van der Waals surface area contributed by atoms with Crippen LogP contribution in [0.15, 0.2) is 78.9 Å². The second-order valence-electron chi connectivity index (χ2n) is 10.5. The molecule has 1 saturated heterocycles. The molecule has 6 nitrogen and oxygen atoms in total. The van der Waals surface area contributed by atoms with Gasteiger partial charge in [0.15, 0.2) is 0 Å². The van der Waals surface area contributed by atoms with Crippen LogP contribution in [-0.4, -0.2) is 50.8 Å². The Morgan fingerprint density at radius 2 is 1.62 bits per heavy atom. The number of hydrogen-bond donors (Lipinski definition) is 2. The lowest BCUT2D eigenvalue weighted by Gasteiger charge is -2.47. The van der Waals surface area contributed by atoms with Crippen LogP contribution in [0.3, 0.4) is 0 Å². The maximum absolute atomic E-state index is 13.9.